The molecule has 15 heavy (non-hydrogen) atoms. The molecule has 4 atom stereocenters. The van der Waals surface area contributed by atoms with Crippen LogP contribution in [0.15, 0.2) is 12.2 Å². The summed E-state index contributed by atoms with van der Waals surface area (Å²) in [6.07, 6.45) is 7.88. The van der Waals surface area contributed by atoms with Crippen molar-refractivity contribution in [1.29, 1.82) is 0 Å². The summed E-state index contributed by atoms with van der Waals surface area (Å²) >= 11 is 0. The zero-order valence-electron chi connectivity index (χ0n) is 9.36. The number of rotatable bonds is 1. The van der Waals surface area contributed by atoms with Crippen LogP contribution in [0.5, 0.6) is 0 Å². The second-order valence-electron chi connectivity index (χ2n) is 5.40. The molecule has 3 aliphatic rings. The van der Waals surface area contributed by atoms with Gasteiger partial charge in [0.25, 0.3) is 0 Å². The number of carbonyl (C=O) groups is 1. The predicted molar refractivity (Wildman–Crippen MR) is 59.2 cm³/mol. The molecule has 0 N–H and O–H groups in total. The van der Waals surface area contributed by atoms with E-state index in [0.29, 0.717) is 0 Å². The largest absolute Gasteiger partial charge is 0.339 e. The Hall–Kier alpha value is -0.790. The summed E-state index contributed by atoms with van der Waals surface area (Å²) in [6.45, 7) is 3.99. The molecule has 0 aromatic carbocycles. The van der Waals surface area contributed by atoms with Crippen molar-refractivity contribution in [3.63, 3.8) is 0 Å². The summed E-state index contributed by atoms with van der Waals surface area (Å²) in [5.74, 6) is 3.81. The lowest BCUT2D eigenvalue weighted by atomic mass is 9.82. The Morgan fingerprint density at radius 1 is 1.20 bits per heavy atom. The Labute approximate surface area is 91.3 Å². The number of hydrogen-bond donors (Lipinski definition) is 0. The van der Waals surface area contributed by atoms with Gasteiger partial charge in [0, 0.05) is 13.1 Å². The van der Waals surface area contributed by atoms with Crippen molar-refractivity contribution in [2.24, 2.45) is 23.7 Å². The van der Waals surface area contributed by atoms with E-state index in [9.17, 15) is 4.79 Å². The Kier molecular flexibility index (Phi) is 2.11. The lowest BCUT2D eigenvalue weighted by Crippen LogP contribution is -2.28. The van der Waals surface area contributed by atoms with Crippen LogP contribution in [0.25, 0.3) is 0 Å². The Balaban J connectivity index is 1.71. The molecule has 82 valence electrons. The summed E-state index contributed by atoms with van der Waals surface area (Å²) in [7, 11) is 0. The van der Waals surface area contributed by atoms with Gasteiger partial charge in [-0.25, -0.2) is 0 Å². The molecule has 1 aliphatic heterocycles. The third-order valence-electron chi connectivity index (χ3n) is 4.76. The first-order valence-corrected chi connectivity index (χ1v) is 6.21. The molecule has 0 spiro atoms. The quantitative estimate of drug-likeness (QED) is 0.600. The summed E-state index contributed by atoms with van der Waals surface area (Å²) in [6, 6.07) is 0. The number of hydrogen-bond acceptors (Lipinski definition) is 1. The summed E-state index contributed by atoms with van der Waals surface area (Å²) in [5.41, 5.74) is 0. The van der Waals surface area contributed by atoms with Crippen molar-refractivity contribution in [3.8, 4) is 0 Å². The van der Waals surface area contributed by atoms with Gasteiger partial charge in [-0.3, -0.25) is 4.79 Å². The maximum absolute atomic E-state index is 11.7. The van der Waals surface area contributed by atoms with E-state index in [4.69, 9.17) is 0 Å². The molecule has 2 saturated carbocycles. The van der Waals surface area contributed by atoms with Crippen LogP contribution in [0.2, 0.25) is 0 Å². The lowest BCUT2D eigenvalue weighted by Gasteiger charge is -2.22. The highest BCUT2D eigenvalue weighted by Crippen LogP contribution is 2.55. The van der Waals surface area contributed by atoms with Crippen molar-refractivity contribution in [3.05, 3.63) is 12.2 Å². The van der Waals surface area contributed by atoms with Crippen LogP contribution >= 0.6 is 0 Å². The molecule has 3 fully saturated rings. The SMILES string of the molecule is C/C=C/C(=O)N1C[C@@H]2C3CCC(C3)[C@@H]2C1. The normalized spacial score (nSPS) is 42.9. The highest BCUT2D eigenvalue weighted by Gasteiger charge is 2.51. The maximum atomic E-state index is 11.7. The van der Waals surface area contributed by atoms with E-state index in [1.54, 1.807) is 6.08 Å². The number of nitrogens with zero attached hydrogens (tertiary/aromatic N) is 1. The zero-order valence-corrected chi connectivity index (χ0v) is 9.36. The molecule has 0 aromatic rings. The average molecular weight is 205 g/mol. The highest BCUT2D eigenvalue weighted by molar-refractivity contribution is 5.87. The third kappa shape index (κ3) is 1.34. The Morgan fingerprint density at radius 2 is 1.80 bits per heavy atom. The monoisotopic (exact) mass is 205 g/mol. The number of amides is 1. The second-order valence-corrected chi connectivity index (χ2v) is 5.40. The van der Waals surface area contributed by atoms with Crippen LogP contribution in [0, 0.1) is 23.7 Å². The molecular weight excluding hydrogens is 186 g/mol. The van der Waals surface area contributed by atoms with E-state index in [2.05, 4.69) is 4.90 Å². The van der Waals surface area contributed by atoms with Crippen molar-refractivity contribution in [2.75, 3.05) is 13.1 Å². The third-order valence-corrected chi connectivity index (χ3v) is 4.76. The number of allylic oxidation sites excluding steroid dienone is 1. The predicted octanol–water partition coefficient (Wildman–Crippen LogP) is 2.07. The number of fused-ring (bicyclic) bond motifs is 5. The first kappa shape index (κ1) is 9.44. The summed E-state index contributed by atoms with van der Waals surface area (Å²) in [4.78, 5) is 13.8. The fourth-order valence-corrected chi connectivity index (χ4v) is 4.11. The number of likely N-dealkylation sites (tertiary alicyclic amines) is 1. The van der Waals surface area contributed by atoms with Gasteiger partial charge in [-0.05, 0) is 55.9 Å². The van der Waals surface area contributed by atoms with Gasteiger partial charge in [0.05, 0.1) is 0 Å². The molecular formula is C13H19NO. The van der Waals surface area contributed by atoms with E-state index in [-0.39, 0.29) is 5.91 Å². The first-order valence-electron chi connectivity index (χ1n) is 6.21. The molecule has 2 aliphatic carbocycles. The van der Waals surface area contributed by atoms with Gasteiger partial charge in [0.2, 0.25) is 5.91 Å². The lowest BCUT2D eigenvalue weighted by molar-refractivity contribution is -0.125. The molecule has 2 unspecified atom stereocenters. The summed E-state index contributed by atoms with van der Waals surface area (Å²) in [5, 5.41) is 0. The van der Waals surface area contributed by atoms with E-state index in [1.807, 2.05) is 13.0 Å². The van der Waals surface area contributed by atoms with Crippen molar-refractivity contribution >= 4 is 5.91 Å². The minimum Gasteiger partial charge on any atom is -0.339 e. The molecule has 1 amide bonds. The van der Waals surface area contributed by atoms with Gasteiger partial charge in [0.1, 0.15) is 0 Å². The van der Waals surface area contributed by atoms with Crippen LogP contribution in [-0.4, -0.2) is 23.9 Å². The van der Waals surface area contributed by atoms with Gasteiger partial charge in [0.15, 0.2) is 0 Å². The minimum absolute atomic E-state index is 0.228. The van der Waals surface area contributed by atoms with E-state index < -0.39 is 0 Å². The molecule has 2 nitrogen and oxygen atoms in total. The van der Waals surface area contributed by atoms with Gasteiger partial charge < -0.3 is 4.90 Å². The van der Waals surface area contributed by atoms with Crippen molar-refractivity contribution < 1.29 is 4.79 Å². The molecule has 2 bridgehead atoms. The molecule has 0 aromatic heterocycles. The fraction of sp³-hybridized carbons (Fsp3) is 0.769. The van der Waals surface area contributed by atoms with Crippen LogP contribution in [0.3, 0.4) is 0 Å². The van der Waals surface area contributed by atoms with Crippen LogP contribution < -0.4 is 0 Å². The Morgan fingerprint density at radius 3 is 2.33 bits per heavy atom. The Bertz CT molecular complexity index is 292. The van der Waals surface area contributed by atoms with E-state index in [0.717, 1.165) is 36.8 Å². The zero-order chi connectivity index (χ0) is 10.4. The topological polar surface area (TPSA) is 20.3 Å². The first-order chi connectivity index (χ1) is 7.29. The molecule has 0 radical (unpaired) electrons. The molecule has 1 heterocycles. The van der Waals surface area contributed by atoms with E-state index >= 15 is 0 Å². The molecule has 3 rings (SSSR count). The minimum atomic E-state index is 0.228. The fourth-order valence-electron chi connectivity index (χ4n) is 4.11. The standard InChI is InChI=1S/C13H19NO/c1-2-3-13(15)14-7-11-9-4-5-10(6-9)12(11)8-14/h2-3,9-12H,4-8H2,1H3/b3-2+/t9?,10?,11-,12+. The van der Waals surface area contributed by atoms with Gasteiger partial charge in [-0.2, -0.15) is 0 Å². The summed E-state index contributed by atoms with van der Waals surface area (Å²) < 4.78 is 0. The number of carbonyl (C=O) groups excluding carboxylic acids is 1. The maximum Gasteiger partial charge on any atom is 0.246 e. The van der Waals surface area contributed by atoms with Crippen LogP contribution in [-0.2, 0) is 4.79 Å². The smallest absolute Gasteiger partial charge is 0.246 e. The van der Waals surface area contributed by atoms with Crippen molar-refractivity contribution in [1.82, 2.24) is 4.90 Å². The van der Waals surface area contributed by atoms with Crippen molar-refractivity contribution in [2.45, 2.75) is 26.2 Å². The van der Waals surface area contributed by atoms with E-state index in [1.165, 1.54) is 19.3 Å². The molecule has 2 heteroatoms. The van der Waals surface area contributed by atoms with Gasteiger partial charge in [-0.15, -0.1) is 0 Å². The molecule has 1 saturated heterocycles. The van der Waals surface area contributed by atoms with Crippen LogP contribution in [0.1, 0.15) is 26.2 Å². The highest BCUT2D eigenvalue weighted by atomic mass is 16.2. The average Bonchev–Trinajstić information content (AvgIpc) is 2.90. The van der Waals surface area contributed by atoms with Gasteiger partial charge >= 0.3 is 0 Å². The van der Waals surface area contributed by atoms with Gasteiger partial charge in [-0.1, -0.05) is 6.08 Å². The van der Waals surface area contributed by atoms with Crippen LogP contribution in [0.4, 0.5) is 0 Å². The second kappa shape index (κ2) is 3.36.